The van der Waals surface area contributed by atoms with Gasteiger partial charge in [0, 0.05) is 34.0 Å². The van der Waals surface area contributed by atoms with Crippen molar-refractivity contribution < 1.29 is 16.9 Å². The van der Waals surface area contributed by atoms with Gasteiger partial charge in [-0.15, -0.1) is 6.42 Å². The summed E-state index contributed by atoms with van der Waals surface area (Å²) in [5, 5.41) is 0.816. The highest BCUT2D eigenvalue weighted by atomic mass is 127. The van der Waals surface area contributed by atoms with Crippen molar-refractivity contribution in [2.24, 2.45) is 0 Å². The van der Waals surface area contributed by atoms with E-state index in [1.165, 1.54) is 109 Å². The van der Waals surface area contributed by atoms with Crippen LogP contribution in [0.5, 0.6) is 0 Å². The molecule has 1 aromatic carbocycles. The van der Waals surface area contributed by atoms with E-state index in [4.69, 9.17) is 18.0 Å². The first-order valence-electron chi connectivity index (χ1n) is 13.3. The lowest BCUT2D eigenvalue weighted by atomic mass is 10.1. The van der Waals surface area contributed by atoms with E-state index in [1.54, 1.807) is 0 Å². The van der Waals surface area contributed by atoms with Crippen LogP contribution in [0.3, 0.4) is 0 Å². The van der Waals surface area contributed by atoms with Gasteiger partial charge in [-0.25, -0.2) is 0 Å². The monoisotopic (exact) mass is 607 g/mol. The Labute approximate surface area is 231 Å². The Kier molecular flexibility index (Phi) is 21.4. The maximum Gasteiger partial charge on any atom is 0.200 e. The molecule has 4 heteroatoms. The fourth-order valence-electron chi connectivity index (χ4n) is 4.60. The molecule has 0 amide bonds. The van der Waals surface area contributed by atoms with Crippen molar-refractivity contribution in [2.75, 3.05) is 19.6 Å². The highest BCUT2D eigenvalue weighted by molar-refractivity contribution is 14.1. The topological polar surface area (TPSA) is 0 Å². The second-order valence-corrected chi connectivity index (χ2v) is 11.1. The van der Waals surface area contributed by atoms with Crippen LogP contribution in [-0.4, -0.2) is 28.2 Å². The molecule has 0 spiro atoms. The molecule has 0 saturated carbocycles. The van der Waals surface area contributed by atoms with Gasteiger partial charge in [0.05, 0.1) is 19.6 Å². The molecule has 0 fully saturated rings. The zero-order valence-electron chi connectivity index (χ0n) is 21.3. The highest BCUT2D eigenvalue weighted by Crippen LogP contribution is 2.25. The van der Waals surface area contributed by atoms with Crippen LogP contribution in [0.15, 0.2) is 24.3 Å². The Bertz CT molecular complexity index is 593. The van der Waals surface area contributed by atoms with E-state index in [0.717, 1.165) is 22.5 Å². The van der Waals surface area contributed by atoms with E-state index in [0.29, 0.717) is 0 Å². The standard InChI is InChI=1S/C29H48ClIN.ClH/c1-4-7-9-11-13-15-17-24-32(29(31)6-3,25-18-16-14-12-10-8-5-2)26-23-27-19-21-28(30)22-20-27;/h3,19-22,29H,4-5,7-18,23-26H2,1-2H3;1H/q+1;/p-1. The molecular formula is C29H48Cl2IN. The van der Waals surface area contributed by atoms with E-state index in [-0.39, 0.29) is 16.5 Å². The average Bonchev–Trinajstić information content (AvgIpc) is 2.81. The normalized spacial score (nSPS) is 12.2. The molecule has 33 heavy (non-hydrogen) atoms. The second-order valence-electron chi connectivity index (χ2n) is 9.51. The minimum atomic E-state index is 0. The van der Waals surface area contributed by atoms with Crippen LogP contribution in [-0.2, 0) is 6.42 Å². The van der Waals surface area contributed by atoms with Gasteiger partial charge in [-0.2, -0.15) is 0 Å². The van der Waals surface area contributed by atoms with Crippen LogP contribution in [0.1, 0.15) is 109 Å². The first-order valence-corrected chi connectivity index (χ1v) is 14.9. The van der Waals surface area contributed by atoms with E-state index in [9.17, 15) is 0 Å². The van der Waals surface area contributed by atoms with Crippen molar-refractivity contribution in [3.8, 4) is 12.3 Å². The van der Waals surface area contributed by atoms with Gasteiger partial charge in [0.1, 0.15) is 0 Å². The summed E-state index contributed by atoms with van der Waals surface area (Å²) in [6, 6.07) is 8.38. The molecule has 0 aliphatic rings. The zero-order valence-corrected chi connectivity index (χ0v) is 24.9. The Morgan fingerprint density at radius 3 is 1.61 bits per heavy atom. The predicted octanol–water partition coefficient (Wildman–Crippen LogP) is 6.60. The van der Waals surface area contributed by atoms with Gasteiger partial charge < -0.3 is 16.9 Å². The van der Waals surface area contributed by atoms with Crippen molar-refractivity contribution >= 4 is 34.2 Å². The number of terminal acetylenes is 1. The molecule has 0 aliphatic heterocycles. The third kappa shape index (κ3) is 14.9. The fourth-order valence-corrected chi connectivity index (χ4v) is 5.57. The van der Waals surface area contributed by atoms with Crippen LogP contribution in [0.4, 0.5) is 0 Å². The van der Waals surface area contributed by atoms with Crippen LogP contribution in [0.2, 0.25) is 5.02 Å². The number of quaternary nitrogens is 1. The number of benzene rings is 1. The molecule has 0 radical (unpaired) electrons. The third-order valence-corrected chi connectivity index (χ3v) is 8.58. The van der Waals surface area contributed by atoms with Crippen LogP contribution in [0.25, 0.3) is 0 Å². The smallest absolute Gasteiger partial charge is 0.200 e. The maximum absolute atomic E-state index is 6.10. The summed E-state index contributed by atoms with van der Waals surface area (Å²) in [5.41, 5.74) is 1.37. The summed E-state index contributed by atoms with van der Waals surface area (Å²) in [4.78, 5) is 0. The highest BCUT2D eigenvalue weighted by Gasteiger charge is 2.33. The van der Waals surface area contributed by atoms with Crippen molar-refractivity contribution in [3.05, 3.63) is 34.9 Å². The number of unbranched alkanes of at least 4 members (excludes halogenated alkanes) is 12. The lowest BCUT2D eigenvalue weighted by Crippen LogP contribution is -3.00. The molecule has 1 unspecified atom stereocenters. The summed E-state index contributed by atoms with van der Waals surface area (Å²) < 4.78 is 1.32. The van der Waals surface area contributed by atoms with Crippen molar-refractivity contribution in [1.29, 1.82) is 0 Å². The van der Waals surface area contributed by atoms with Gasteiger partial charge >= 0.3 is 0 Å². The largest absolute Gasteiger partial charge is 1.00 e. The van der Waals surface area contributed by atoms with Gasteiger partial charge in [-0.05, 0) is 49.3 Å². The van der Waals surface area contributed by atoms with Crippen LogP contribution in [0, 0.1) is 12.3 Å². The molecule has 1 atom stereocenters. The third-order valence-electron chi connectivity index (χ3n) is 6.79. The molecule has 0 aromatic heterocycles. The number of nitrogens with zero attached hydrogens (tertiary/aromatic N) is 1. The lowest BCUT2D eigenvalue weighted by Gasteiger charge is -2.41. The summed E-state index contributed by atoms with van der Waals surface area (Å²) in [7, 11) is 0. The summed E-state index contributed by atoms with van der Waals surface area (Å²) in [5.74, 6) is 3.13. The number of alkyl halides is 1. The first kappa shape index (κ1) is 33.0. The molecule has 1 rings (SSSR count). The van der Waals surface area contributed by atoms with Gasteiger partial charge in [-0.3, -0.25) is 0 Å². The fraction of sp³-hybridized carbons (Fsp3) is 0.724. The van der Waals surface area contributed by atoms with E-state index >= 15 is 0 Å². The minimum Gasteiger partial charge on any atom is -1.00 e. The molecule has 0 heterocycles. The molecule has 190 valence electrons. The maximum atomic E-state index is 6.10. The molecule has 0 saturated heterocycles. The van der Waals surface area contributed by atoms with Crippen LogP contribution >= 0.6 is 34.2 Å². The van der Waals surface area contributed by atoms with Crippen molar-refractivity contribution in [3.63, 3.8) is 0 Å². The summed E-state index contributed by atoms with van der Waals surface area (Å²) in [6.07, 6.45) is 26.1. The molecule has 0 aliphatic carbocycles. The number of hydrogen-bond donors (Lipinski definition) is 0. The number of halogens is 3. The molecule has 1 nitrogen and oxygen atoms in total. The molecule has 0 N–H and O–H groups in total. The van der Waals surface area contributed by atoms with E-state index in [1.807, 2.05) is 12.1 Å². The van der Waals surface area contributed by atoms with Crippen LogP contribution < -0.4 is 12.4 Å². The quantitative estimate of drug-likeness (QED) is 0.0391. The van der Waals surface area contributed by atoms with Crippen molar-refractivity contribution in [2.45, 2.75) is 114 Å². The van der Waals surface area contributed by atoms with E-state index in [2.05, 4.69) is 54.5 Å². The lowest BCUT2D eigenvalue weighted by molar-refractivity contribution is -0.927. The van der Waals surface area contributed by atoms with Gasteiger partial charge in [0.25, 0.3) is 0 Å². The minimum absolute atomic E-state index is 0. The zero-order chi connectivity index (χ0) is 23.5. The average molecular weight is 609 g/mol. The predicted molar refractivity (Wildman–Crippen MR) is 153 cm³/mol. The van der Waals surface area contributed by atoms with Gasteiger partial charge in [-0.1, -0.05) is 102 Å². The summed E-state index contributed by atoms with van der Waals surface area (Å²) >= 11 is 8.64. The Morgan fingerprint density at radius 2 is 1.18 bits per heavy atom. The van der Waals surface area contributed by atoms with Gasteiger partial charge in [0.15, 0.2) is 0 Å². The number of rotatable bonds is 20. The first-order chi connectivity index (χ1) is 15.6. The Balaban J connectivity index is 0.0000102. The second kappa shape index (κ2) is 21.3. The molecule has 1 aromatic rings. The van der Waals surface area contributed by atoms with Crippen molar-refractivity contribution in [1.82, 2.24) is 0 Å². The Morgan fingerprint density at radius 1 is 0.758 bits per heavy atom. The summed E-state index contributed by atoms with van der Waals surface area (Å²) in [6.45, 7) is 8.14. The molecule has 0 bridgehead atoms. The Hall–Kier alpha value is 0.0500. The SMILES string of the molecule is C#CC(I)[N+](CCCCCCCCC)(CCCCCCCCC)CCc1ccc(Cl)cc1.[Cl-]. The van der Waals surface area contributed by atoms with E-state index < -0.39 is 0 Å². The molecular weight excluding hydrogens is 560 g/mol. The number of hydrogen-bond acceptors (Lipinski definition) is 0. The van der Waals surface area contributed by atoms with Gasteiger partial charge in [0.2, 0.25) is 4.05 Å².